The number of nitrogens with one attached hydrogen (secondary N) is 1. The molecule has 1 aromatic carbocycles. The molecule has 0 spiro atoms. The normalized spacial score (nSPS) is 17.4. The number of hydrogen-bond donors (Lipinski definition) is 1. The Morgan fingerprint density at radius 2 is 2.11 bits per heavy atom. The van der Waals surface area contributed by atoms with Crippen LogP contribution in [-0.2, 0) is 4.74 Å². The summed E-state index contributed by atoms with van der Waals surface area (Å²) >= 11 is 0. The molecule has 0 aliphatic carbocycles. The molecule has 0 amide bonds. The van der Waals surface area contributed by atoms with Gasteiger partial charge in [-0.15, -0.1) is 5.10 Å². The third-order valence-electron chi connectivity index (χ3n) is 5.06. The van der Waals surface area contributed by atoms with Crippen LogP contribution in [0.1, 0.15) is 6.92 Å². The highest BCUT2D eigenvalue weighted by atomic mass is 19.1. The van der Waals surface area contributed by atoms with Gasteiger partial charge in [-0.3, -0.25) is 5.10 Å². The molecule has 4 aromatic rings. The maximum atomic E-state index is 14.6. The second-order valence-corrected chi connectivity index (χ2v) is 6.86. The van der Waals surface area contributed by atoms with Crippen LogP contribution in [0.25, 0.3) is 28.2 Å². The molecule has 7 nitrogen and oxygen atoms in total. The van der Waals surface area contributed by atoms with E-state index in [4.69, 9.17) is 9.84 Å². The van der Waals surface area contributed by atoms with Crippen molar-refractivity contribution in [2.75, 3.05) is 24.7 Å². The van der Waals surface area contributed by atoms with E-state index in [-0.39, 0.29) is 11.9 Å². The van der Waals surface area contributed by atoms with Crippen molar-refractivity contribution in [3.05, 3.63) is 54.6 Å². The molecule has 5 rings (SSSR count). The van der Waals surface area contributed by atoms with Crippen molar-refractivity contribution in [2.45, 2.75) is 13.0 Å². The van der Waals surface area contributed by atoms with E-state index in [9.17, 15) is 4.39 Å². The molecule has 0 saturated carbocycles. The Hall–Kier alpha value is -3.26. The number of fused-ring (bicyclic) bond motifs is 1. The van der Waals surface area contributed by atoms with Crippen LogP contribution in [0.4, 0.5) is 10.2 Å². The van der Waals surface area contributed by atoms with Gasteiger partial charge in [0.2, 0.25) is 0 Å². The number of imidazole rings is 1. The van der Waals surface area contributed by atoms with E-state index in [0.29, 0.717) is 30.0 Å². The fraction of sp³-hybridized carbons (Fsp3) is 0.250. The minimum absolute atomic E-state index is 0.172. The van der Waals surface area contributed by atoms with Gasteiger partial charge >= 0.3 is 0 Å². The van der Waals surface area contributed by atoms with Gasteiger partial charge in [0.15, 0.2) is 11.5 Å². The highest BCUT2D eigenvalue weighted by molar-refractivity contribution is 5.81. The molecule has 4 heterocycles. The summed E-state index contributed by atoms with van der Waals surface area (Å²) in [7, 11) is 0. The Morgan fingerprint density at radius 3 is 2.89 bits per heavy atom. The number of H-pyrrole nitrogens is 1. The molecular weight excluding hydrogens is 359 g/mol. The molecule has 1 fully saturated rings. The molecule has 0 unspecified atom stereocenters. The van der Waals surface area contributed by atoms with Crippen molar-refractivity contribution in [1.82, 2.24) is 24.8 Å². The fourth-order valence-electron chi connectivity index (χ4n) is 3.62. The highest BCUT2D eigenvalue weighted by Crippen LogP contribution is 2.32. The molecule has 1 saturated heterocycles. The molecule has 1 atom stereocenters. The first-order chi connectivity index (χ1) is 13.7. The van der Waals surface area contributed by atoms with Crippen LogP contribution in [0.2, 0.25) is 0 Å². The zero-order valence-electron chi connectivity index (χ0n) is 15.3. The van der Waals surface area contributed by atoms with E-state index >= 15 is 0 Å². The summed E-state index contributed by atoms with van der Waals surface area (Å²) in [4.78, 5) is 6.72. The minimum Gasteiger partial charge on any atom is -0.377 e. The second-order valence-electron chi connectivity index (χ2n) is 6.86. The molecule has 142 valence electrons. The van der Waals surface area contributed by atoms with Crippen LogP contribution >= 0.6 is 0 Å². The molecule has 1 N–H and O–H groups in total. The lowest BCUT2D eigenvalue weighted by molar-refractivity contribution is 0.0984. The lowest BCUT2D eigenvalue weighted by Crippen LogP contribution is -2.44. The van der Waals surface area contributed by atoms with Gasteiger partial charge in [-0.2, -0.15) is 5.10 Å². The Kier molecular flexibility index (Phi) is 4.05. The number of nitrogens with zero attached hydrogens (tertiary/aromatic N) is 5. The maximum absolute atomic E-state index is 14.6. The van der Waals surface area contributed by atoms with E-state index in [2.05, 4.69) is 27.0 Å². The zero-order chi connectivity index (χ0) is 19.1. The fourth-order valence-corrected chi connectivity index (χ4v) is 3.62. The lowest BCUT2D eigenvalue weighted by atomic mass is 10.1. The van der Waals surface area contributed by atoms with Crippen molar-refractivity contribution in [3.8, 4) is 22.5 Å². The average Bonchev–Trinajstić information content (AvgIpc) is 3.37. The number of aromatic nitrogens is 5. The van der Waals surface area contributed by atoms with Gasteiger partial charge in [0.25, 0.3) is 0 Å². The molecule has 1 aliphatic rings. The summed E-state index contributed by atoms with van der Waals surface area (Å²) in [5.41, 5.74) is 3.37. The van der Waals surface area contributed by atoms with E-state index in [1.165, 1.54) is 6.07 Å². The zero-order valence-corrected chi connectivity index (χ0v) is 15.3. The smallest absolute Gasteiger partial charge is 0.162 e. The number of morpholine rings is 1. The summed E-state index contributed by atoms with van der Waals surface area (Å²) in [5.74, 6) is 0.475. The first kappa shape index (κ1) is 16.9. The Morgan fingerprint density at radius 1 is 1.21 bits per heavy atom. The SMILES string of the molecule is C[C@@H]1COCCN1c1cc(-c2ccccc2F)c2ncc(-c3ccn[nH]3)n2n1. The predicted octanol–water partition coefficient (Wildman–Crippen LogP) is 3.15. The Bertz CT molecular complexity index is 1120. The van der Waals surface area contributed by atoms with Gasteiger partial charge < -0.3 is 9.64 Å². The largest absolute Gasteiger partial charge is 0.377 e. The number of anilines is 1. The van der Waals surface area contributed by atoms with Crippen LogP contribution < -0.4 is 4.90 Å². The second kappa shape index (κ2) is 6.72. The molecule has 8 heteroatoms. The quantitative estimate of drug-likeness (QED) is 0.593. The number of ether oxygens (including phenoxy) is 1. The topological polar surface area (TPSA) is 71.3 Å². The predicted molar refractivity (Wildman–Crippen MR) is 104 cm³/mol. The summed E-state index contributed by atoms with van der Waals surface area (Å²) in [6, 6.07) is 10.7. The summed E-state index contributed by atoms with van der Waals surface area (Å²) in [5, 5.41) is 11.8. The number of hydrogen-bond acceptors (Lipinski definition) is 5. The standard InChI is InChI=1S/C20H19FN6O/c1-13-12-28-9-8-26(13)19-10-15(14-4-2-3-5-16(14)21)20-22-11-18(27(20)25-19)17-6-7-23-24-17/h2-7,10-11,13H,8-9,12H2,1H3,(H,23,24)/t13-/m1/s1. The van der Waals surface area contributed by atoms with Crippen molar-refractivity contribution in [1.29, 1.82) is 0 Å². The molecule has 0 bridgehead atoms. The molecule has 0 radical (unpaired) electrons. The third kappa shape index (κ3) is 2.73. The number of benzene rings is 1. The maximum Gasteiger partial charge on any atom is 0.162 e. The van der Waals surface area contributed by atoms with Gasteiger partial charge in [0.05, 0.1) is 31.1 Å². The third-order valence-corrected chi connectivity index (χ3v) is 5.06. The van der Waals surface area contributed by atoms with Crippen LogP contribution in [0.15, 0.2) is 48.8 Å². The first-order valence-electron chi connectivity index (χ1n) is 9.20. The molecule has 28 heavy (non-hydrogen) atoms. The van der Waals surface area contributed by atoms with Crippen LogP contribution in [0.5, 0.6) is 0 Å². The van der Waals surface area contributed by atoms with Gasteiger partial charge in [-0.25, -0.2) is 13.9 Å². The van der Waals surface area contributed by atoms with Gasteiger partial charge in [0.1, 0.15) is 11.5 Å². The monoisotopic (exact) mass is 378 g/mol. The first-order valence-corrected chi connectivity index (χ1v) is 9.20. The number of rotatable bonds is 3. The minimum atomic E-state index is -0.289. The Balaban J connectivity index is 1.77. The average molecular weight is 378 g/mol. The molecule has 3 aromatic heterocycles. The van der Waals surface area contributed by atoms with Crippen molar-refractivity contribution in [2.24, 2.45) is 0 Å². The van der Waals surface area contributed by atoms with Gasteiger partial charge in [-0.1, -0.05) is 18.2 Å². The number of halogens is 1. The van der Waals surface area contributed by atoms with Crippen molar-refractivity contribution < 1.29 is 9.13 Å². The van der Waals surface area contributed by atoms with Crippen LogP contribution in [0.3, 0.4) is 0 Å². The van der Waals surface area contributed by atoms with E-state index < -0.39 is 0 Å². The van der Waals surface area contributed by atoms with Gasteiger partial charge in [-0.05, 0) is 25.1 Å². The Labute approximate surface area is 160 Å². The van der Waals surface area contributed by atoms with E-state index in [1.807, 2.05) is 18.2 Å². The van der Waals surface area contributed by atoms with E-state index in [0.717, 1.165) is 23.8 Å². The van der Waals surface area contributed by atoms with Gasteiger partial charge in [0, 0.05) is 23.9 Å². The lowest BCUT2D eigenvalue weighted by Gasteiger charge is -2.34. The summed E-state index contributed by atoms with van der Waals surface area (Å²) in [6.07, 6.45) is 3.41. The van der Waals surface area contributed by atoms with Crippen molar-refractivity contribution in [3.63, 3.8) is 0 Å². The summed E-state index contributed by atoms with van der Waals surface area (Å²) in [6.45, 7) is 4.09. The molecule has 1 aliphatic heterocycles. The van der Waals surface area contributed by atoms with E-state index in [1.54, 1.807) is 29.0 Å². The van der Waals surface area contributed by atoms with Crippen LogP contribution in [-0.4, -0.2) is 50.6 Å². The van der Waals surface area contributed by atoms with Crippen LogP contribution in [0, 0.1) is 5.82 Å². The summed E-state index contributed by atoms with van der Waals surface area (Å²) < 4.78 is 21.9. The number of aromatic amines is 1. The molecular formula is C20H19FN6O. The highest BCUT2D eigenvalue weighted by Gasteiger charge is 2.24. The van der Waals surface area contributed by atoms with Crippen molar-refractivity contribution >= 4 is 11.5 Å².